The van der Waals surface area contributed by atoms with Gasteiger partial charge >= 0.3 is 30.1 Å². The number of esters is 3. The molecule has 4 N–H and O–H groups in total. The van der Waals surface area contributed by atoms with Gasteiger partial charge in [-0.2, -0.15) is 0 Å². The monoisotopic (exact) mass is 933 g/mol. The van der Waals surface area contributed by atoms with E-state index in [2.05, 4.69) is 5.32 Å². The van der Waals surface area contributed by atoms with Crippen LogP contribution < -0.4 is 5.32 Å². The van der Waals surface area contributed by atoms with E-state index in [1.165, 1.54) is 24.0 Å². The largest absolute Gasteiger partial charge is 0.456 e. The van der Waals surface area contributed by atoms with Crippen LogP contribution in [0.3, 0.4) is 0 Å². The summed E-state index contributed by atoms with van der Waals surface area (Å²) >= 11 is 0. The molecular formula is C49H63N3O15. The van der Waals surface area contributed by atoms with E-state index in [1.54, 1.807) is 90.1 Å². The number of Topliss-reactive ketones (excluding diaryl/α,β-unsaturated/α-hetero) is 1. The third kappa shape index (κ3) is 8.94. The highest BCUT2D eigenvalue weighted by atomic mass is 16.6. The standard InChI is InChI=1S/C49H63N3O15/c1-27-31(63-42(58)36(55)35(29-16-12-10-13-17-29)50-43(59)67-45(3,4)5)25-49(61)40(65-41(57)30-18-14-11-15-19-30)38-47(8,32(54)24-33-48(38,26-62-33)66-28(2)53)39(56)37(34(27)46(49,6)7)64-44(60)52-22-20-51(9)21-23-52/h10-19,31-33,35-38,40,54-55,61H,20-26H2,1-9H3,(H,50,59)/t31-,32-,33+,35-,36+,37+,38-,40-,47+,48-,49+/m0/s1. The predicted molar refractivity (Wildman–Crippen MR) is 237 cm³/mol. The topological polar surface area (TPSA) is 237 Å². The van der Waals surface area contributed by atoms with Crippen LogP contribution in [-0.4, -0.2) is 154 Å². The fourth-order valence-corrected chi connectivity index (χ4v) is 10.8. The summed E-state index contributed by atoms with van der Waals surface area (Å²) in [5, 5.41) is 40.6. The first-order chi connectivity index (χ1) is 31.4. The summed E-state index contributed by atoms with van der Waals surface area (Å²) in [6.07, 6.45) is -12.5. The van der Waals surface area contributed by atoms with E-state index in [-0.39, 0.29) is 42.8 Å². The first-order valence-corrected chi connectivity index (χ1v) is 22.7. The van der Waals surface area contributed by atoms with Crippen LogP contribution in [0.4, 0.5) is 9.59 Å². The number of alkyl carbamates (subject to hydrolysis) is 1. The van der Waals surface area contributed by atoms with Gasteiger partial charge in [-0.15, -0.1) is 0 Å². The number of ketones is 1. The number of benzene rings is 2. The Balaban J connectivity index is 1.41. The van der Waals surface area contributed by atoms with Crippen LogP contribution in [0.25, 0.3) is 0 Å². The van der Waals surface area contributed by atoms with Crippen molar-refractivity contribution in [2.75, 3.05) is 39.8 Å². The summed E-state index contributed by atoms with van der Waals surface area (Å²) in [6.45, 7) is 13.4. The average molecular weight is 934 g/mol. The van der Waals surface area contributed by atoms with Gasteiger partial charge in [-0.3, -0.25) is 9.59 Å². The minimum absolute atomic E-state index is 0.00587. The fraction of sp³-hybridized carbons (Fsp3) is 0.592. The Kier molecular flexibility index (Phi) is 13.5. The summed E-state index contributed by atoms with van der Waals surface area (Å²) in [5.74, 6) is -5.42. The smallest absolute Gasteiger partial charge is 0.410 e. The Labute approximate surface area is 389 Å². The number of carbonyl (C=O) groups excluding carboxylic acids is 6. The van der Waals surface area contributed by atoms with Gasteiger partial charge in [-0.05, 0) is 70.5 Å². The number of likely N-dealkylation sites (N-methyl/N-ethyl adjacent to an activating group) is 1. The lowest BCUT2D eigenvalue weighted by Crippen LogP contribution is -2.82. The zero-order valence-electron chi connectivity index (χ0n) is 39.5. The quantitative estimate of drug-likeness (QED) is 0.160. The number of nitrogens with zero attached hydrogens (tertiary/aromatic N) is 2. The lowest BCUT2D eigenvalue weighted by molar-refractivity contribution is -0.345. The number of piperazine rings is 1. The number of carbonyl (C=O) groups is 6. The van der Waals surface area contributed by atoms with Crippen molar-refractivity contribution in [1.82, 2.24) is 15.1 Å². The van der Waals surface area contributed by atoms with Gasteiger partial charge in [0.1, 0.15) is 29.5 Å². The Morgan fingerprint density at radius 3 is 2.09 bits per heavy atom. The number of aliphatic hydroxyl groups excluding tert-OH is 2. The maximum absolute atomic E-state index is 16.0. The molecule has 11 atom stereocenters. The van der Waals surface area contributed by atoms with Crippen LogP contribution in [0.15, 0.2) is 71.8 Å². The van der Waals surface area contributed by atoms with E-state index in [9.17, 15) is 39.3 Å². The Bertz CT molecular complexity index is 2270. The number of nitrogens with one attached hydrogen (secondary N) is 1. The Morgan fingerprint density at radius 1 is 0.910 bits per heavy atom. The highest BCUT2D eigenvalue weighted by Gasteiger charge is 2.78. The van der Waals surface area contributed by atoms with Crippen LogP contribution in [-0.2, 0) is 42.8 Å². The molecule has 2 bridgehead atoms. The Hall–Kier alpha value is -5.40. The summed E-state index contributed by atoms with van der Waals surface area (Å²) in [6, 6.07) is 14.6. The average Bonchev–Trinajstić information content (AvgIpc) is 3.26. The summed E-state index contributed by atoms with van der Waals surface area (Å²) in [4.78, 5) is 88.9. The normalized spacial score (nSPS) is 32.4. The first-order valence-electron chi connectivity index (χ1n) is 22.7. The van der Waals surface area contributed by atoms with Crippen LogP contribution in [0.5, 0.6) is 0 Å². The molecule has 2 aromatic carbocycles. The van der Waals surface area contributed by atoms with E-state index in [4.69, 9.17) is 28.4 Å². The van der Waals surface area contributed by atoms with Crippen LogP contribution in [0.1, 0.15) is 90.2 Å². The van der Waals surface area contributed by atoms with E-state index in [0.717, 1.165) is 6.92 Å². The highest BCUT2D eigenvalue weighted by molar-refractivity contribution is 5.95. The molecule has 18 nitrogen and oxygen atoms in total. The molecule has 2 aromatic rings. The summed E-state index contributed by atoms with van der Waals surface area (Å²) < 4.78 is 36.5. The van der Waals surface area contributed by atoms with Crippen molar-refractivity contribution in [3.05, 3.63) is 82.9 Å². The van der Waals surface area contributed by atoms with Crippen molar-refractivity contribution in [2.45, 2.75) is 128 Å². The second-order valence-corrected chi connectivity index (χ2v) is 20.2. The molecule has 4 fully saturated rings. The maximum Gasteiger partial charge on any atom is 0.410 e. The third-order valence-corrected chi connectivity index (χ3v) is 14.5. The van der Waals surface area contributed by atoms with Gasteiger partial charge in [-0.25, -0.2) is 19.2 Å². The molecule has 2 saturated carbocycles. The zero-order chi connectivity index (χ0) is 49.0. The molecule has 5 aliphatic rings. The second kappa shape index (κ2) is 18.3. The van der Waals surface area contributed by atoms with Crippen LogP contribution in [0.2, 0.25) is 0 Å². The van der Waals surface area contributed by atoms with E-state index < -0.39 is 119 Å². The van der Waals surface area contributed by atoms with E-state index in [0.29, 0.717) is 18.7 Å². The van der Waals surface area contributed by atoms with E-state index >= 15 is 4.79 Å². The molecule has 0 spiro atoms. The zero-order valence-corrected chi connectivity index (χ0v) is 39.5. The number of aliphatic hydroxyl groups is 3. The molecular weight excluding hydrogens is 871 g/mol. The molecule has 3 aliphatic carbocycles. The van der Waals surface area contributed by atoms with Gasteiger partial charge in [0, 0.05) is 51.4 Å². The molecule has 2 aliphatic heterocycles. The summed E-state index contributed by atoms with van der Waals surface area (Å²) in [7, 11) is 1.90. The molecule has 7 rings (SSSR count). The second-order valence-electron chi connectivity index (χ2n) is 20.2. The number of rotatable bonds is 9. The number of fused-ring (bicyclic) bond motifs is 5. The molecule has 0 aromatic heterocycles. The maximum atomic E-state index is 16.0. The van der Waals surface area contributed by atoms with Gasteiger partial charge in [0.15, 0.2) is 23.6 Å². The third-order valence-electron chi connectivity index (χ3n) is 14.5. The number of ether oxygens (including phenoxy) is 6. The van der Waals surface area contributed by atoms with Crippen LogP contribution >= 0.6 is 0 Å². The highest BCUT2D eigenvalue weighted by Crippen LogP contribution is 2.64. The fourth-order valence-electron chi connectivity index (χ4n) is 10.8. The molecule has 67 heavy (non-hydrogen) atoms. The molecule has 364 valence electrons. The summed E-state index contributed by atoms with van der Waals surface area (Å²) in [5.41, 5.74) is -8.41. The van der Waals surface area contributed by atoms with Crippen molar-refractivity contribution < 1.29 is 72.5 Å². The van der Waals surface area contributed by atoms with E-state index in [1.807, 2.05) is 11.9 Å². The van der Waals surface area contributed by atoms with Crippen molar-refractivity contribution in [1.29, 1.82) is 0 Å². The molecule has 18 heteroatoms. The molecule has 0 radical (unpaired) electrons. The minimum atomic E-state index is -2.43. The van der Waals surface area contributed by atoms with Crippen molar-refractivity contribution in [3.8, 4) is 0 Å². The lowest BCUT2D eigenvalue weighted by Gasteiger charge is -2.67. The van der Waals surface area contributed by atoms with Crippen molar-refractivity contribution in [3.63, 3.8) is 0 Å². The SMILES string of the molecule is CC(=O)O[C@@]12CO[C@@H]1C[C@H](O)[C@@]1(C)C(=O)[C@H](OC(=O)N3CCN(C)CC3)C3=C(C)[C@@H](OC(=O)[C@H](O)[C@@H](NC(=O)OC(C)(C)C)c4ccccc4)C[C@@](O)([C@@H](OC(=O)c4ccccc4)[C@H]21)C3(C)C. The van der Waals surface area contributed by atoms with Crippen LogP contribution in [0, 0.1) is 16.7 Å². The van der Waals surface area contributed by atoms with Gasteiger partial charge in [0.25, 0.3) is 0 Å². The number of amides is 2. The first kappa shape index (κ1) is 49.5. The lowest BCUT2D eigenvalue weighted by atomic mass is 9.44. The van der Waals surface area contributed by atoms with Gasteiger partial charge in [0.05, 0.1) is 35.6 Å². The Morgan fingerprint density at radius 2 is 1.52 bits per heavy atom. The van der Waals surface area contributed by atoms with Crippen molar-refractivity contribution in [2.24, 2.45) is 16.7 Å². The number of hydrogen-bond donors (Lipinski definition) is 4. The molecule has 2 amide bonds. The predicted octanol–water partition coefficient (Wildman–Crippen LogP) is 3.65. The van der Waals surface area contributed by atoms with Crippen molar-refractivity contribution >= 4 is 35.9 Å². The minimum Gasteiger partial charge on any atom is -0.456 e. The van der Waals surface area contributed by atoms with Gasteiger partial charge in [0.2, 0.25) is 0 Å². The molecule has 2 saturated heterocycles. The van der Waals surface area contributed by atoms with Gasteiger partial charge < -0.3 is 58.9 Å². The molecule has 2 heterocycles. The molecule has 0 unspecified atom stereocenters. The number of hydrogen-bond acceptors (Lipinski definition) is 16. The van der Waals surface area contributed by atoms with Gasteiger partial charge in [-0.1, -0.05) is 62.4 Å².